The normalized spacial score (nSPS) is 10.5. The Bertz CT molecular complexity index is 849. The molecule has 3 aromatic rings. The Hall–Kier alpha value is -1.39. The zero-order chi connectivity index (χ0) is 19.3. The molecule has 28 heavy (non-hydrogen) atoms. The Balaban J connectivity index is 0.00000280. The van der Waals surface area contributed by atoms with E-state index in [0.29, 0.717) is 5.44 Å². The Kier molecular flexibility index (Phi) is 8.51. The highest BCUT2D eigenvalue weighted by Crippen LogP contribution is 2.62. The second-order valence-corrected chi connectivity index (χ2v) is 10.3. The van der Waals surface area contributed by atoms with Crippen molar-refractivity contribution in [2.24, 2.45) is 0 Å². The van der Waals surface area contributed by atoms with Crippen molar-refractivity contribution in [2.45, 2.75) is 6.92 Å². The fourth-order valence-electron chi connectivity index (χ4n) is 3.21. The number of nitrogens with one attached hydrogen (secondary N) is 1. The summed E-state index contributed by atoms with van der Waals surface area (Å²) < 4.78 is 0.0649. The van der Waals surface area contributed by atoms with Crippen molar-refractivity contribution < 1.29 is 28.8 Å². The maximum absolute atomic E-state index is 12.1. The van der Waals surface area contributed by atoms with Crippen LogP contribution in [-0.4, -0.2) is 5.91 Å². The van der Waals surface area contributed by atoms with E-state index in [0.717, 1.165) is 15.9 Å². The lowest BCUT2D eigenvalue weighted by Gasteiger charge is -2.29. The molecular formula is C22H19Cl2INOP. The van der Waals surface area contributed by atoms with Crippen molar-refractivity contribution >= 4 is 52.3 Å². The topological polar surface area (TPSA) is 29.1 Å². The largest absolute Gasteiger partial charge is 1.00 e. The van der Waals surface area contributed by atoms with Gasteiger partial charge in [-0.1, -0.05) is 77.8 Å². The SMILES string of the molecule is CC(=O)NC(=C(Cl)Cl)[P+](c1ccccc1)(c1ccccc1)c1ccccc1.[I-]. The van der Waals surface area contributed by atoms with E-state index in [1.54, 1.807) is 0 Å². The second kappa shape index (κ2) is 10.4. The van der Waals surface area contributed by atoms with E-state index in [1.807, 2.05) is 54.6 Å². The summed E-state index contributed by atoms with van der Waals surface area (Å²) in [5.41, 5.74) is 0.543. The molecule has 3 rings (SSSR count). The van der Waals surface area contributed by atoms with Crippen LogP contribution in [0, 0.1) is 0 Å². The minimum atomic E-state index is -2.49. The predicted octanol–water partition coefficient (Wildman–Crippen LogP) is 1.72. The molecule has 0 aliphatic rings. The van der Waals surface area contributed by atoms with Crippen LogP contribution in [0.15, 0.2) is 101 Å². The number of rotatable bonds is 5. The molecule has 6 heteroatoms. The number of carbonyl (C=O) groups is 1. The van der Waals surface area contributed by atoms with E-state index in [9.17, 15) is 4.79 Å². The van der Waals surface area contributed by atoms with Gasteiger partial charge in [0, 0.05) is 6.92 Å². The summed E-state index contributed by atoms with van der Waals surface area (Å²) in [6.45, 7) is 1.46. The summed E-state index contributed by atoms with van der Waals surface area (Å²) in [6.07, 6.45) is 0. The van der Waals surface area contributed by atoms with Gasteiger partial charge in [-0.2, -0.15) is 0 Å². The summed E-state index contributed by atoms with van der Waals surface area (Å²) in [4.78, 5) is 12.1. The zero-order valence-electron chi connectivity index (χ0n) is 15.1. The van der Waals surface area contributed by atoms with Gasteiger partial charge in [-0.25, -0.2) is 0 Å². The maximum Gasteiger partial charge on any atom is 0.223 e. The predicted molar refractivity (Wildman–Crippen MR) is 118 cm³/mol. The highest BCUT2D eigenvalue weighted by Gasteiger charge is 2.51. The molecule has 0 aliphatic heterocycles. The number of hydrogen-bond donors (Lipinski definition) is 1. The van der Waals surface area contributed by atoms with E-state index in [-0.39, 0.29) is 34.4 Å². The molecule has 0 bridgehead atoms. The van der Waals surface area contributed by atoms with E-state index in [2.05, 4.69) is 41.7 Å². The molecule has 1 amide bonds. The van der Waals surface area contributed by atoms with E-state index in [4.69, 9.17) is 23.2 Å². The van der Waals surface area contributed by atoms with Crippen LogP contribution < -0.4 is 45.2 Å². The molecule has 0 radical (unpaired) electrons. The van der Waals surface area contributed by atoms with Crippen LogP contribution in [0.2, 0.25) is 0 Å². The van der Waals surface area contributed by atoms with Gasteiger partial charge >= 0.3 is 0 Å². The lowest BCUT2D eigenvalue weighted by molar-refractivity contribution is -0.118. The van der Waals surface area contributed by atoms with Gasteiger partial charge in [0.1, 0.15) is 15.9 Å². The van der Waals surface area contributed by atoms with Crippen LogP contribution in [0.4, 0.5) is 0 Å². The molecule has 0 aromatic heterocycles. The quantitative estimate of drug-likeness (QED) is 0.387. The first-order valence-corrected chi connectivity index (χ1v) is 11.0. The van der Waals surface area contributed by atoms with Crippen molar-refractivity contribution in [3.63, 3.8) is 0 Å². The number of benzene rings is 3. The van der Waals surface area contributed by atoms with Crippen LogP contribution in [0.3, 0.4) is 0 Å². The van der Waals surface area contributed by atoms with Gasteiger partial charge in [0.15, 0.2) is 11.8 Å². The first-order chi connectivity index (χ1) is 13.1. The highest BCUT2D eigenvalue weighted by atomic mass is 127. The van der Waals surface area contributed by atoms with Gasteiger partial charge in [0.25, 0.3) is 0 Å². The monoisotopic (exact) mass is 541 g/mol. The molecule has 0 unspecified atom stereocenters. The van der Waals surface area contributed by atoms with Crippen molar-refractivity contribution in [1.29, 1.82) is 0 Å². The van der Waals surface area contributed by atoms with Crippen LogP contribution >= 0.6 is 30.5 Å². The van der Waals surface area contributed by atoms with Crippen LogP contribution in [-0.2, 0) is 4.79 Å². The molecule has 144 valence electrons. The van der Waals surface area contributed by atoms with Gasteiger partial charge in [0.05, 0.1) is 0 Å². The Morgan fingerprint density at radius 3 is 1.29 bits per heavy atom. The smallest absolute Gasteiger partial charge is 0.223 e. The molecule has 2 nitrogen and oxygen atoms in total. The molecule has 0 atom stereocenters. The summed E-state index contributed by atoms with van der Waals surface area (Å²) in [5.74, 6) is -0.212. The zero-order valence-corrected chi connectivity index (χ0v) is 19.7. The van der Waals surface area contributed by atoms with Crippen molar-refractivity contribution in [2.75, 3.05) is 0 Å². The third-order valence-electron chi connectivity index (χ3n) is 4.24. The second-order valence-electron chi connectivity index (χ2n) is 5.97. The average molecular weight is 542 g/mol. The third kappa shape index (κ3) is 4.60. The number of halogens is 3. The minimum absolute atomic E-state index is 0. The standard InChI is InChI=1S/C22H18Cl2NOP.HI/c1-17(26)25-22(21(23)24)27(18-11-5-2-6-12-18,19-13-7-3-8-14-19)20-15-9-4-10-16-20;/h2-16H,1H3;1H. The Morgan fingerprint density at radius 1 is 0.714 bits per heavy atom. The highest BCUT2D eigenvalue weighted by molar-refractivity contribution is 7.99. The maximum atomic E-state index is 12.1. The number of amides is 1. The fourth-order valence-corrected chi connectivity index (χ4v) is 8.17. The van der Waals surface area contributed by atoms with Gasteiger partial charge in [-0.05, 0) is 36.4 Å². The molecule has 0 heterocycles. The van der Waals surface area contributed by atoms with Crippen molar-refractivity contribution in [3.05, 3.63) is 101 Å². The Morgan fingerprint density at radius 2 is 1.04 bits per heavy atom. The van der Waals surface area contributed by atoms with E-state index >= 15 is 0 Å². The molecule has 3 aromatic carbocycles. The van der Waals surface area contributed by atoms with E-state index < -0.39 is 7.26 Å². The average Bonchev–Trinajstić information content (AvgIpc) is 2.70. The molecule has 0 spiro atoms. The van der Waals surface area contributed by atoms with Crippen LogP contribution in [0.25, 0.3) is 0 Å². The van der Waals surface area contributed by atoms with Gasteiger partial charge in [-0.15, -0.1) is 0 Å². The lowest BCUT2D eigenvalue weighted by atomic mass is 10.4. The summed E-state index contributed by atoms with van der Waals surface area (Å²) in [5, 5.41) is 6.12. The fraction of sp³-hybridized carbons (Fsp3) is 0.0455. The van der Waals surface area contributed by atoms with Gasteiger partial charge < -0.3 is 24.0 Å². The molecular weight excluding hydrogens is 523 g/mol. The molecule has 0 saturated carbocycles. The molecule has 1 N–H and O–H groups in total. The molecule has 0 saturated heterocycles. The lowest BCUT2D eigenvalue weighted by Crippen LogP contribution is -3.00. The first-order valence-electron chi connectivity index (χ1n) is 8.46. The van der Waals surface area contributed by atoms with Crippen molar-refractivity contribution in [1.82, 2.24) is 5.32 Å². The van der Waals surface area contributed by atoms with Gasteiger partial charge in [-0.3, -0.25) is 10.1 Å². The van der Waals surface area contributed by atoms with Crippen LogP contribution in [0.5, 0.6) is 0 Å². The summed E-state index contributed by atoms with van der Waals surface area (Å²) >= 11 is 12.8. The van der Waals surface area contributed by atoms with Crippen LogP contribution in [0.1, 0.15) is 6.92 Å². The summed E-state index contributed by atoms with van der Waals surface area (Å²) in [6, 6.07) is 30.2. The van der Waals surface area contributed by atoms with Gasteiger partial charge in [0.2, 0.25) is 11.3 Å². The van der Waals surface area contributed by atoms with E-state index in [1.165, 1.54) is 6.92 Å². The first kappa shape index (κ1) is 22.9. The summed E-state index contributed by atoms with van der Waals surface area (Å²) in [7, 11) is -2.49. The minimum Gasteiger partial charge on any atom is -1.00 e. The molecule has 0 fully saturated rings. The Labute approximate surface area is 193 Å². The molecule has 0 aliphatic carbocycles. The number of carbonyl (C=O) groups excluding carboxylic acids is 1. The number of hydrogen-bond acceptors (Lipinski definition) is 1. The third-order valence-corrected chi connectivity index (χ3v) is 9.11. The van der Waals surface area contributed by atoms with Crippen molar-refractivity contribution in [3.8, 4) is 0 Å².